The molecule has 0 aliphatic carbocycles. The van der Waals surface area contributed by atoms with Gasteiger partial charge in [-0.2, -0.15) is 0 Å². The standard InChI is InChI=1S/C22H39NO/c1-4-6-7-8-9-10-11-12-13-14-15-16-17-18-19-20-22(24)23-21(3)5-2/h6-7,9-10,12-13,21H,4-5,8,11,14-20H2,1-3H3,(H,23,24)/b7-6-,10-9-,13-12-. The molecule has 2 heteroatoms. The van der Waals surface area contributed by atoms with Gasteiger partial charge in [0, 0.05) is 12.5 Å². The number of unbranched alkanes of at least 4 members (excludes halogenated alkanes) is 5. The number of amides is 1. The molecule has 0 bridgehead atoms. The van der Waals surface area contributed by atoms with Gasteiger partial charge in [-0.25, -0.2) is 0 Å². The lowest BCUT2D eigenvalue weighted by atomic mass is 10.1. The number of nitrogens with one attached hydrogen (secondary N) is 1. The molecule has 2 nitrogen and oxygen atoms in total. The Kier molecular flexibility index (Phi) is 17.1. The zero-order chi connectivity index (χ0) is 17.9. The van der Waals surface area contributed by atoms with E-state index in [0.717, 1.165) is 32.1 Å². The van der Waals surface area contributed by atoms with Crippen molar-refractivity contribution >= 4 is 5.91 Å². The van der Waals surface area contributed by atoms with Gasteiger partial charge < -0.3 is 5.32 Å². The first kappa shape index (κ1) is 22.7. The molecule has 1 unspecified atom stereocenters. The Bertz CT molecular complexity index is 368. The SMILES string of the molecule is CC/C=C\C/C=C\C/C=C\CCCCCCCC(=O)NC(C)CC. The van der Waals surface area contributed by atoms with Gasteiger partial charge in [0.1, 0.15) is 0 Å². The molecule has 1 N–H and O–H groups in total. The van der Waals surface area contributed by atoms with Crippen molar-refractivity contribution in [3.8, 4) is 0 Å². The minimum atomic E-state index is 0.213. The average molecular weight is 334 g/mol. The van der Waals surface area contributed by atoms with E-state index in [0.29, 0.717) is 12.5 Å². The molecule has 0 aliphatic heterocycles. The molecule has 0 fully saturated rings. The second kappa shape index (κ2) is 18.0. The molecule has 0 radical (unpaired) electrons. The predicted octanol–water partition coefficient (Wildman–Crippen LogP) is 6.49. The summed E-state index contributed by atoms with van der Waals surface area (Å²) in [6, 6.07) is 0.312. The van der Waals surface area contributed by atoms with Crippen molar-refractivity contribution < 1.29 is 4.79 Å². The van der Waals surface area contributed by atoms with E-state index >= 15 is 0 Å². The molecule has 0 spiro atoms. The molecule has 0 aromatic carbocycles. The maximum Gasteiger partial charge on any atom is 0.220 e. The number of carbonyl (C=O) groups is 1. The molecule has 0 aliphatic rings. The Morgan fingerprint density at radius 3 is 2.08 bits per heavy atom. The second-order valence-corrected chi connectivity index (χ2v) is 6.48. The van der Waals surface area contributed by atoms with Crippen molar-refractivity contribution in [3.05, 3.63) is 36.5 Å². The van der Waals surface area contributed by atoms with Crippen molar-refractivity contribution in [1.82, 2.24) is 5.32 Å². The third kappa shape index (κ3) is 17.1. The highest BCUT2D eigenvalue weighted by Gasteiger charge is 2.04. The lowest BCUT2D eigenvalue weighted by Crippen LogP contribution is -2.31. The normalized spacial score (nSPS) is 13.3. The van der Waals surface area contributed by atoms with E-state index in [1.165, 1.54) is 32.1 Å². The molecule has 0 saturated heterocycles. The number of hydrogen-bond donors (Lipinski definition) is 1. The summed E-state index contributed by atoms with van der Waals surface area (Å²) in [4.78, 5) is 11.6. The highest BCUT2D eigenvalue weighted by atomic mass is 16.1. The van der Waals surface area contributed by atoms with E-state index < -0.39 is 0 Å². The van der Waals surface area contributed by atoms with E-state index in [4.69, 9.17) is 0 Å². The van der Waals surface area contributed by atoms with Crippen LogP contribution in [0.1, 0.15) is 91.4 Å². The van der Waals surface area contributed by atoms with E-state index in [1.54, 1.807) is 0 Å². The van der Waals surface area contributed by atoms with Crippen LogP contribution in [0.4, 0.5) is 0 Å². The fourth-order valence-corrected chi connectivity index (χ4v) is 2.35. The first-order valence-electron chi connectivity index (χ1n) is 9.95. The summed E-state index contributed by atoms with van der Waals surface area (Å²) in [5, 5.41) is 3.02. The molecule has 0 saturated carbocycles. The lowest BCUT2D eigenvalue weighted by molar-refractivity contribution is -0.121. The van der Waals surface area contributed by atoms with Crippen LogP contribution >= 0.6 is 0 Å². The fraction of sp³-hybridized carbons (Fsp3) is 0.682. The van der Waals surface area contributed by atoms with Gasteiger partial charge in [0.25, 0.3) is 0 Å². The summed E-state index contributed by atoms with van der Waals surface area (Å²) < 4.78 is 0. The van der Waals surface area contributed by atoms with Gasteiger partial charge in [-0.3, -0.25) is 4.79 Å². The van der Waals surface area contributed by atoms with Crippen molar-refractivity contribution in [2.45, 2.75) is 97.4 Å². The van der Waals surface area contributed by atoms with Crippen LogP contribution in [0.5, 0.6) is 0 Å². The van der Waals surface area contributed by atoms with Crippen LogP contribution in [-0.4, -0.2) is 11.9 Å². The van der Waals surface area contributed by atoms with Gasteiger partial charge >= 0.3 is 0 Å². The Labute approximate surface area is 150 Å². The number of hydrogen-bond acceptors (Lipinski definition) is 1. The van der Waals surface area contributed by atoms with Crippen LogP contribution in [0, 0.1) is 0 Å². The number of allylic oxidation sites excluding steroid dienone is 6. The topological polar surface area (TPSA) is 29.1 Å². The van der Waals surface area contributed by atoms with Crippen LogP contribution in [0.15, 0.2) is 36.5 Å². The first-order valence-corrected chi connectivity index (χ1v) is 9.95. The van der Waals surface area contributed by atoms with E-state index in [9.17, 15) is 4.79 Å². The molecule has 0 aromatic heterocycles. The van der Waals surface area contributed by atoms with E-state index in [-0.39, 0.29) is 5.91 Å². The predicted molar refractivity (Wildman–Crippen MR) is 107 cm³/mol. The number of rotatable bonds is 15. The average Bonchev–Trinajstić information content (AvgIpc) is 2.58. The smallest absolute Gasteiger partial charge is 0.220 e. The van der Waals surface area contributed by atoms with Crippen molar-refractivity contribution in [1.29, 1.82) is 0 Å². The Hall–Kier alpha value is -1.31. The van der Waals surface area contributed by atoms with Crippen LogP contribution in [0.3, 0.4) is 0 Å². The van der Waals surface area contributed by atoms with Gasteiger partial charge in [0.05, 0.1) is 0 Å². The molecular weight excluding hydrogens is 294 g/mol. The summed E-state index contributed by atoms with van der Waals surface area (Å²) in [6.45, 7) is 6.32. The summed E-state index contributed by atoms with van der Waals surface area (Å²) in [6.07, 6.45) is 25.5. The molecule has 0 aromatic rings. The van der Waals surface area contributed by atoms with Crippen LogP contribution in [0.2, 0.25) is 0 Å². The zero-order valence-corrected chi connectivity index (χ0v) is 16.2. The van der Waals surface area contributed by atoms with Crippen molar-refractivity contribution in [3.63, 3.8) is 0 Å². The van der Waals surface area contributed by atoms with E-state index in [2.05, 4.69) is 62.5 Å². The van der Waals surface area contributed by atoms with Gasteiger partial charge in [-0.05, 0) is 51.9 Å². The van der Waals surface area contributed by atoms with Crippen LogP contribution in [0.25, 0.3) is 0 Å². The minimum Gasteiger partial charge on any atom is -0.354 e. The third-order valence-electron chi connectivity index (χ3n) is 4.07. The largest absolute Gasteiger partial charge is 0.354 e. The van der Waals surface area contributed by atoms with Gasteiger partial charge in [-0.1, -0.05) is 69.6 Å². The highest BCUT2D eigenvalue weighted by molar-refractivity contribution is 5.76. The summed E-state index contributed by atoms with van der Waals surface area (Å²) >= 11 is 0. The zero-order valence-electron chi connectivity index (χ0n) is 16.2. The fourth-order valence-electron chi connectivity index (χ4n) is 2.35. The maximum atomic E-state index is 11.6. The van der Waals surface area contributed by atoms with Crippen molar-refractivity contribution in [2.75, 3.05) is 0 Å². The molecule has 1 amide bonds. The molecule has 0 rings (SSSR count). The molecular formula is C22H39NO. The maximum absolute atomic E-state index is 11.6. The molecule has 24 heavy (non-hydrogen) atoms. The molecule has 138 valence electrons. The monoisotopic (exact) mass is 333 g/mol. The summed E-state index contributed by atoms with van der Waals surface area (Å²) in [5.41, 5.74) is 0. The van der Waals surface area contributed by atoms with Crippen LogP contribution in [-0.2, 0) is 4.79 Å². The number of carbonyl (C=O) groups excluding carboxylic acids is 1. The lowest BCUT2D eigenvalue weighted by Gasteiger charge is -2.10. The quantitative estimate of drug-likeness (QED) is 0.269. The molecule has 0 heterocycles. The Balaban J connectivity index is 3.34. The molecule has 1 atom stereocenters. The highest BCUT2D eigenvalue weighted by Crippen LogP contribution is 2.08. The second-order valence-electron chi connectivity index (χ2n) is 6.48. The third-order valence-corrected chi connectivity index (χ3v) is 4.07. The summed E-state index contributed by atoms with van der Waals surface area (Å²) in [7, 11) is 0. The van der Waals surface area contributed by atoms with Crippen LogP contribution < -0.4 is 5.32 Å². The first-order chi connectivity index (χ1) is 11.7. The van der Waals surface area contributed by atoms with E-state index in [1.807, 2.05) is 0 Å². The Morgan fingerprint density at radius 1 is 0.833 bits per heavy atom. The minimum absolute atomic E-state index is 0.213. The van der Waals surface area contributed by atoms with Crippen molar-refractivity contribution in [2.24, 2.45) is 0 Å². The summed E-state index contributed by atoms with van der Waals surface area (Å²) in [5.74, 6) is 0.213. The Morgan fingerprint density at radius 2 is 1.42 bits per heavy atom. The van der Waals surface area contributed by atoms with Gasteiger partial charge in [0.15, 0.2) is 0 Å². The van der Waals surface area contributed by atoms with Gasteiger partial charge in [0.2, 0.25) is 5.91 Å². The van der Waals surface area contributed by atoms with Gasteiger partial charge in [-0.15, -0.1) is 0 Å².